The second-order valence-corrected chi connectivity index (χ2v) is 3.22. The van der Waals surface area contributed by atoms with Crippen molar-refractivity contribution in [1.82, 2.24) is 4.90 Å². The van der Waals surface area contributed by atoms with Gasteiger partial charge in [0.15, 0.2) is 5.79 Å². The third-order valence-electron chi connectivity index (χ3n) is 1.68. The molecular weight excluding hydrogens is 168 g/mol. The lowest BCUT2D eigenvalue weighted by atomic mass is 10.2. The summed E-state index contributed by atoms with van der Waals surface area (Å²) in [5.41, 5.74) is 5.65. The van der Waals surface area contributed by atoms with Crippen LogP contribution in [-0.4, -0.2) is 51.1 Å². The van der Waals surface area contributed by atoms with Gasteiger partial charge >= 0.3 is 0 Å². The number of likely N-dealkylation sites (N-methyl/N-ethyl adjacent to an activating group) is 1. The summed E-state index contributed by atoms with van der Waals surface area (Å²) in [6, 6.07) is 0. The van der Waals surface area contributed by atoms with E-state index in [9.17, 15) is 0 Å². The lowest BCUT2D eigenvalue weighted by Crippen LogP contribution is -2.51. The maximum absolute atomic E-state index is 5.65. The summed E-state index contributed by atoms with van der Waals surface area (Å²) in [5.74, 6) is -0.632. The van der Waals surface area contributed by atoms with Gasteiger partial charge in [-0.2, -0.15) is 0 Å². The fourth-order valence-corrected chi connectivity index (χ4v) is 1.32. The number of rotatable bonds is 7. The van der Waals surface area contributed by atoms with Gasteiger partial charge in [-0.1, -0.05) is 0 Å². The molecule has 0 amide bonds. The highest BCUT2D eigenvalue weighted by atomic mass is 16.7. The number of ether oxygens (including phenoxy) is 2. The SMILES string of the molecule is CCOC(CN)(CN(C)C)OCC. The summed E-state index contributed by atoms with van der Waals surface area (Å²) < 4.78 is 11.1. The normalized spacial score (nSPS) is 12.5. The van der Waals surface area contributed by atoms with Crippen LogP contribution in [-0.2, 0) is 9.47 Å². The van der Waals surface area contributed by atoms with Gasteiger partial charge in [0.1, 0.15) is 0 Å². The van der Waals surface area contributed by atoms with Crippen molar-refractivity contribution in [1.29, 1.82) is 0 Å². The Kier molecular flexibility index (Phi) is 6.24. The summed E-state index contributed by atoms with van der Waals surface area (Å²) in [5, 5.41) is 0. The van der Waals surface area contributed by atoms with Crippen LogP contribution in [0.1, 0.15) is 13.8 Å². The molecule has 0 aromatic carbocycles. The van der Waals surface area contributed by atoms with E-state index in [0.717, 1.165) is 0 Å². The van der Waals surface area contributed by atoms with Crippen LogP contribution in [0.15, 0.2) is 0 Å². The number of hydrogen-bond acceptors (Lipinski definition) is 4. The third-order valence-corrected chi connectivity index (χ3v) is 1.68. The molecule has 0 unspecified atom stereocenters. The molecule has 0 aliphatic carbocycles. The Labute approximate surface area is 81.0 Å². The monoisotopic (exact) mass is 190 g/mol. The van der Waals surface area contributed by atoms with E-state index in [4.69, 9.17) is 15.2 Å². The van der Waals surface area contributed by atoms with Gasteiger partial charge in [-0.3, -0.25) is 0 Å². The van der Waals surface area contributed by atoms with E-state index in [0.29, 0.717) is 26.3 Å². The molecule has 0 fully saturated rings. The first-order valence-corrected chi connectivity index (χ1v) is 4.73. The van der Waals surface area contributed by atoms with Crippen LogP contribution in [0.2, 0.25) is 0 Å². The number of hydrogen-bond donors (Lipinski definition) is 1. The summed E-state index contributed by atoms with van der Waals surface area (Å²) in [6.07, 6.45) is 0. The van der Waals surface area contributed by atoms with Crippen LogP contribution in [0, 0.1) is 0 Å². The Bertz CT molecular complexity index is 123. The molecule has 80 valence electrons. The van der Waals surface area contributed by atoms with Crippen molar-refractivity contribution < 1.29 is 9.47 Å². The predicted molar refractivity (Wildman–Crippen MR) is 53.6 cm³/mol. The molecule has 0 atom stereocenters. The van der Waals surface area contributed by atoms with Crippen molar-refractivity contribution in [2.24, 2.45) is 5.73 Å². The molecule has 0 spiro atoms. The first-order chi connectivity index (χ1) is 6.10. The van der Waals surface area contributed by atoms with Crippen LogP contribution >= 0.6 is 0 Å². The Hall–Kier alpha value is -0.160. The maximum atomic E-state index is 5.65. The Morgan fingerprint density at radius 3 is 1.85 bits per heavy atom. The third kappa shape index (κ3) is 4.57. The van der Waals surface area contributed by atoms with Gasteiger partial charge in [-0.15, -0.1) is 0 Å². The zero-order valence-electron chi connectivity index (χ0n) is 9.17. The minimum atomic E-state index is -0.632. The minimum Gasteiger partial charge on any atom is -0.348 e. The van der Waals surface area contributed by atoms with Crippen molar-refractivity contribution in [3.8, 4) is 0 Å². The minimum absolute atomic E-state index is 0.382. The van der Waals surface area contributed by atoms with Gasteiger partial charge in [0.05, 0.1) is 6.54 Å². The largest absolute Gasteiger partial charge is 0.348 e. The molecule has 0 rings (SSSR count). The molecule has 0 aliphatic rings. The van der Waals surface area contributed by atoms with Crippen LogP contribution in [0.25, 0.3) is 0 Å². The molecule has 0 aromatic heterocycles. The number of nitrogens with two attached hydrogens (primary N) is 1. The standard InChI is InChI=1S/C9H22N2O2/c1-5-12-9(7-10,13-6-2)8-11(3)4/h5-8,10H2,1-4H3. The quantitative estimate of drug-likeness (QED) is 0.586. The molecule has 0 radical (unpaired) electrons. The van der Waals surface area contributed by atoms with Crippen LogP contribution < -0.4 is 5.73 Å². The zero-order chi connectivity index (χ0) is 10.3. The van der Waals surface area contributed by atoms with Crippen LogP contribution in [0.3, 0.4) is 0 Å². The molecule has 4 nitrogen and oxygen atoms in total. The van der Waals surface area contributed by atoms with E-state index in [1.165, 1.54) is 0 Å². The molecule has 0 heterocycles. The molecule has 0 bridgehead atoms. The topological polar surface area (TPSA) is 47.7 Å². The van der Waals surface area contributed by atoms with E-state index in [1.807, 2.05) is 32.8 Å². The average Bonchev–Trinajstić information content (AvgIpc) is 2.04. The summed E-state index contributed by atoms with van der Waals surface area (Å²) in [6.45, 7) is 6.19. The molecule has 4 heteroatoms. The molecule has 0 saturated carbocycles. The summed E-state index contributed by atoms with van der Waals surface area (Å²) in [7, 11) is 3.95. The van der Waals surface area contributed by atoms with E-state index in [1.54, 1.807) is 0 Å². The van der Waals surface area contributed by atoms with Gasteiger partial charge < -0.3 is 20.1 Å². The zero-order valence-corrected chi connectivity index (χ0v) is 9.17. The van der Waals surface area contributed by atoms with Gasteiger partial charge in [0.2, 0.25) is 0 Å². The van der Waals surface area contributed by atoms with Crippen LogP contribution in [0.5, 0.6) is 0 Å². The summed E-state index contributed by atoms with van der Waals surface area (Å²) >= 11 is 0. The average molecular weight is 190 g/mol. The predicted octanol–water partition coefficient (Wildman–Crippen LogP) is 0.276. The lowest BCUT2D eigenvalue weighted by molar-refractivity contribution is -0.231. The van der Waals surface area contributed by atoms with Gasteiger partial charge in [0.25, 0.3) is 0 Å². The van der Waals surface area contributed by atoms with E-state index >= 15 is 0 Å². The molecular formula is C9H22N2O2. The van der Waals surface area contributed by atoms with Crippen molar-refractivity contribution in [2.45, 2.75) is 19.6 Å². The van der Waals surface area contributed by atoms with E-state index in [-0.39, 0.29) is 0 Å². The molecule has 13 heavy (non-hydrogen) atoms. The second kappa shape index (κ2) is 6.32. The molecule has 0 saturated heterocycles. The van der Waals surface area contributed by atoms with Crippen molar-refractivity contribution >= 4 is 0 Å². The molecule has 0 aromatic rings. The highest BCUT2D eigenvalue weighted by Gasteiger charge is 2.30. The second-order valence-electron chi connectivity index (χ2n) is 3.22. The highest BCUT2D eigenvalue weighted by Crippen LogP contribution is 2.12. The lowest BCUT2D eigenvalue weighted by Gasteiger charge is -2.34. The molecule has 2 N–H and O–H groups in total. The van der Waals surface area contributed by atoms with E-state index < -0.39 is 5.79 Å². The highest BCUT2D eigenvalue weighted by molar-refractivity contribution is 4.73. The van der Waals surface area contributed by atoms with Crippen molar-refractivity contribution in [2.75, 3.05) is 40.4 Å². The first kappa shape index (κ1) is 12.8. The fourth-order valence-electron chi connectivity index (χ4n) is 1.32. The Balaban J connectivity index is 4.24. The van der Waals surface area contributed by atoms with Gasteiger partial charge in [-0.25, -0.2) is 0 Å². The van der Waals surface area contributed by atoms with Gasteiger partial charge in [-0.05, 0) is 27.9 Å². The van der Waals surface area contributed by atoms with Crippen molar-refractivity contribution in [3.05, 3.63) is 0 Å². The Morgan fingerprint density at radius 1 is 1.15 bits per heavy atom. The Morgan fingerprint density at radius 2 is 1.62 bits per heavy atom. The van der Waals surface area contributed by atoms with Gasteiger partial charge in [0, 0.05) is 19.8 Å². The van der Waals surface area contributed by atoms with Crippen LogP contribution in [0.4, 0.5) is 0 Å². The summed E-state index contributed by atoms with van der Waals surface area (Å²) in [4.78, 5) is 2.01. The molecule has 0 aliphatic heterocycles. The fraction of sp³-hybridized carbons (Fsp3) is 1.00. The number of nitrogens with zero attached hydrogens (tertiary/aromatic N) is 1. The van der Waals surface area contributed by atoms with E-state index in [2.05, 4.69) is 0 Å². The smallest absolute Gasteiger partial charge is 0.193 e. The first-order valence-electron chi connectivity index (χ1n) is 4.73. The van der Waals surface area contributed by atoms with Crippen molar-refractivity contribution in [3.63, 3.8) is 0 Å². The maximum Gasteiger partial charge on any atom is 0.193 e.